The molecule has 1 aromatic rings. The molecule has 0 aromatic carbocycles. The SMILES string of the molecule is C[C@@H]1C[C@@H]1c1ccc(CN(C(=O)[C@@H]2CNC(=O)N2)C2CC2)o1. The predicted molar refractivity (Wildman–Crippen MR) is 79.1 cm³/mol. The number of furan rings is 1. The molecule has 3 amide bonds. The first kappa shape index (κ1) is 13.7. The van der Waals surface area contributed by atoms with Gasteiger partial charge in [0.25, 0.3) is 0 Å². The molecule has 2 saturated carbocycles. The van der Waals surface area contributed by atoms with Gasteiger partial charge in [-0.1, -0.05) is 6.92 Å². The fourth-order valence-electron chi connectivity index (χ4n) is 3.14. The number of hydrogen-bond acceptors (Lipinski definition) is 3. The minimum Gasteiger partial charge on any atom is -0.464 e. The summed E-state index contributed by atoms with van der Waals surface area (Å²) in [5.74, 6) is 3.13. The molecule has 6 heteroatoms. The molecule has 0 bridgehead atoms. The Hall–Kier alpha value is -1.98. The highest BCUT2D eigenvalue weighted by molar-refractivity contribution is 5.90. The van der Waals surface area contributed by atoms with Gasteiger partial charge in [-0.2, -0.15) is 0 Å². The van der Waals surface area contributed by atoms with Gasteiger partial charge in [-0.3, -0.25) is 4.79 Å². The molecular weight excluding hydrogens is 282 g/mol. The third-order valence-corrected chi connectivity index (χ3v) is 4.82. The third-order valence-electron chi connectivity index (χ3n) is 4.82. The van der Waals surface area contributed by atoms with Crippen molar-refractivity contribution in [3.63, 3.8) is 0 Å². The van der Waals surface area contributed by atoms with Gasteiger partial charge >= 0.3 is 6.03 Å². The second kappa shape index (κ2) is 5.04. The molecule has 2 N–H and O–H groups in total. The number of carbonyl (C=O) groups is 2. The Morgan fingerprint density at radius 2 is 2.18 bits per heavy atom. The Kier molecular flexibility index (Phi) is 3.13. The highest BCUT2D eigenvalue weighted by Crippen LogP contribution is 2.47. The van der Waals surface area contributed by atoms with Gasteiger partial charge in [0.15, 0.2) is 0 Å². The zero-order chi connectivity index (χ0) is 15.3. The van der Waals surface area contributed by atoms with E-state index in [-0.39, 0.29) is 11.9 Å². The van der Waals surface area contributed by atoms with Crippen molar-refractivity contribution in [3.05, 3.63) is 23.7 Å². The van der Waals surface area contributed by atoms with Crippen molar-refractivity contribution in [3.8, 4) is 0 Å². The van der Waals surface area contributed by atoms with Gasteiger partial charge in [0.2, 0.25) is 5.91 Å². The van der Waals surface area contributed by atoms with Gasteiger partial charge < -0.3 is 20.0 Å². The van der Waals surface area contributed by atoms with Crippen LogP contribution in [-0.4, -0.2) is 35.5 Å². The van der Waals surface area contributed by atoms with Gasteiger partial charge in [-0.15, -0.1) is 0 Å². The van der Waals surface area contributed by atoms with Gasteiger partial charge in [-0.25, -0.2) is 4.79 Å². The number of nitrogens with one attached hydrogen (secondary N) is 2. The zero-order valence-electron chi connectivity index (χ0n) is 12.7. The maximum atomic E-state index is 12.6. The quantitative estimate of drug-likeness (QED) is 0.867. The molecule has 0 unspecified atom stereocenters. The van der Waals surface area contributed by atoms with Crippen molar-refractivity contribution in [2.45, 2.75) is 50.7 Å². The average Bonchev–Trinajstić information content (AvgIpc) is 3.37. The summed E-state index contributed by atoms with van der Waals surface area (Å²) in [5, 5.41) is 5.31. The standard InChI is InChI=1S/C16H21N3O3/c1-9-6-12(9)14-5-4-11(22-14)8-19(10-2-3-10)15(20)13-7-17-16(21)18-13/h4-5,9-10,12-13H,2-3,6-8H2,1H3,(H2,17,18,21)/t9-,12+,13+/m1/s1. The van der Waals surface area contributed by atoms with E-state index in [0.717, 1.165) is 24.4 Å². The third kappa shape index (κ3) is 2.58. The molecule has 1 aliphatic heterocycles. The van der Waals surface area contributed by atoms with Crippen molar-refractivity contribution in [2.75, 3.05) is 6.54 Å². The van der Waals surface area contributed by atoms with E-state index in [4.69, 9.17) is 4.42 Å². The van der Waals surface area contributed by atoms with Crippen LogP contribution < -0.4 is 10.6 Å². The van der Waals surface area contributed by atoms with Gasteiger partial charge in [0.05, 0.1) is 6.54 Å². The molecule has 0 radical (unpaired) electrons. The molecule has 2 aliphatic carbocycles. The average molecular weight is 303 g/mol. The van der Waals surface area contributed by atoms with E-state index in [9.17, 15) is 9.59 Å². The number of carbonyl (C=O) groups excluding carboxylic acids is 2. The largest absolute Gasteiger partial charge is 0.464 e. The molecule has 118 valence electrons. The molecule has 0 spiro atoms. The molecule has 2 heterocycles. The summed E-state index contributed by atoms with van der Waals surface area (Å²) in [7, 11) is 0. The van der Waals surface area contributed by atoms with E-state index in [2.05, 4.69) is 17.6 Å². The Balaban J connectivity index is 1.44. The summed E-state index contributed by atoms with van der Waals surface area (Å²) in [4.78, 5) is 25.7. The highest BCUT2D eigenvalue weighted by Gasteiger charge is 2.40. The Morgan fingerprint density at radius 1 is 1.41 bits per heavy atom. The van der Waals surface area contributed by atoms with Crippen molar-refractivity contribution < 1.29 is 14.0 Å². The summed E-state index contributed by atoms with van der Waals surface area (Å²) in [6.07, 6.45) is 3.26. The predicted octanol–water partition coefficient (Wildman–Crippen LogP) is 1.58. The van der Waals surface area contributed by atoms with Crippen LogP contribution in [-0.2, 0) is 11.3 Å². The Bertz CT molecular complexity index is 608. The van der Waals surface area contributed by atoms with Crippen molar-refractivity contribution in [2.24, 2.45) is 5.92 Å². The van der Waals surface area contributed by atoms with Crippen molar-refractivity contribution in [1.29, 1.82) is 0 Å². The maximum absolute atomic E-state index is 12.6. The minimum absolute atomic E-state index is 0.0152. The lowest BCUT2D eigenvalue weighted by atomic mass is 10.2. The maximum Gasteiger partial charge on any atom is 0.315 e. The topological polar surface area (TPSA) is 74.6 Å². The van der Waals surface area contributed by atoms with Crippen LogP contribution in [0.5, 0.6) is 0 Å². The summed E-state index contributed by atoms with van der Waals surface area (Å²) in [6.45, 7) is 3.09. The number of rotatable bonds is 5. The normalized spacial score (nSPS) is 29.9. The van der Waals surface area contributed by atoms with Gasteiger partial charge in [0.1, 0.15) is 17.6 Å². The molecule has 1 saturated heterocycles. The van der Waals surface area contributed by atoms with Crippen LogP contribution in [0.2, 0.25) is 0 Å². The number of amides is 3. The summed E-state index contributed by atoms with van der Waals surface area (Å²) >= 11 is 0. The van der Waals surface area contributed by atoms with Crippen LogP contribution >= 0.6 is 0 Å². The van der Waals surface area contributed by atoms with E-state index < -0.39 is 6.04 Å². The van der Waals surface area contributed by atoms with E-state index >= 15 is 0 Å². The number of urea groups is 1. The first-order valence-corrected chi connectivity index (χ1v) is 8.05. The molecule has 3 aliphatic rings. The van der Waals surface area contributed by atoms with Crippen LogP contribution in [0.25, 0.3) is 0 Å². The summed E-state index contributed by atoms with van der Waals surface area (Å²) in [5.41, 5.74) is 0. The molecule has 1 aromatic heterocycles. The second-order valence-corrected chi connectivity index (χ2v) is 6.73. The highest BCUT2D eigenvalue weighted by atomic mass is 16.3. The lowest BCUT2D eigenvalue weighted by molar-refractivity contribution is -0.134. The molecular formula is C16H21N3O3. The fourth-order valence-corrected chi connectivity index (χ4v) is 3.14. The molecule has 22 heavy (non-hydrogen) atoms. The van der Waals surface area contributed by atoms with E-state index in [1.165, 1.54) is 6.42 Å². The van der Waals surface area contributed by atoms with Crippen LogP contribution in [0.3, 0.4) is 0 Å². The number of hydrogen-bond donors (Lipinski definition) is 2. The summed E-state index contributed by atoms with van der Waals surface area (Å²) < 4.78 is 5.92. The van der Waals surface area contributed by atoms with Gasteiger partial charge in [-0.05, 0) is 37.3 Å². The monoisotopic (exact) mass is 303 g/mol. The first-order valence-electron chi connectivity index (χ1n) is 8.05. The van der Waals surface area contributed by atoms with E-state index in [0.29, 0.717) is 31.0 Å². The van der Waals surface area contributed by atoms with Gasteiger partial charge in [0, 0.05) is 18.5 Å². The number of nitrogens with zero attached hydrogens (tertiary/aromatic N) is 1. The van der Waals surface area contributed by atoms with Crippen LogP contribution in [0.1, 0.15) is 43.6 Å². The Labute approximate surface area is 129 Å². The van der Waals surface area contributed by atoms with E-state index in [1.807, 2.05) is 17.0 Å². The lowest BCUT2D eigenvalue weighted by Crippen LogP contribution is -2.46. The van der Waals surface area contributed by atoms with Crippen molar-refractivity contribution in [1.82, 2.24) is 15.5 Å². The first-order chi connectivity index (χ1) is 10.6. The molecule has 3 fully saturated rings. The fraction of sp³-hybridized carbons (Fsp3) is 0.625. The molecule has 3 atom stereocenters. The van der Waals surface area contributed by atoms with Crippen molar-refractivity contribution >= 4 is 11.9 Å². The molecule has 6 nitrogen and oxygen atoms in total. The Morgan fingerprint density at radius 3 is 2.77 bits per heavy atom. The van der Waals surface area contributed by atoms with Crippen LogP contribution in [0.15, 0.2) is 16.5 Å². The zero-order valence-corrected chi connectivity index (χ0v) is 12.7. The van der Waals surface area contributed by atoms with E-state index in [1.54, 1.807) is 0 Å². The smallest absolute Gasteiger partial charge is 0.315 e. The molecule has 4 rings (SSSR count). The second-order valence-electron chi connectivity index (χ2n) is 6.73. The lowest BCUT2D eigenvalue weighted by Gasteiger charge is -2.24. The van der Waals surface area contributed by atoms with Crippen LogP contribution in [0, 0.1) is 5.92 Å². The van der Waals surface area contributed by atoms with Crippen LogP contribution in [0.4, 0.5) is 4.79 Å². The minimum atomic E-state index is -0.453. The summed E-state index contributed by atoms with van der Waals surface area (Å²) in [6, 6.07) is 3.59.